The van der Waals surface area contributed by atoms with E-state index in [1.807, 2.05) is 13.8 Å². The molecule has 100 valence electrons. The van der Waals surface area contributed by atoms with Crippen LogP contribution in [0.25, 0.3) is 0 Å². The maximum absolute atomic E-state index is 12.4. The van der Waals surface area contributed by atoms with Crippen molar-refractivity contribution in [3.05, 3.63) is 23.7 Å². The van der Waals surface area contributed by atoms with Crippen molar-refractivity contribution in [2.75, 3.05) is 19.0 Å². The van der Waals surface area contributed by atoms with Crippen molar-refractivity contribution in [2.24, 2.45) is 0 Å². The summed E-state index contributed by atoms with van der Waals surface area (Å²) in [6.45, 7) is 6.81. The van der Waals surface area contributed by atoms with E-state index < -0.39 is 0 Å². The average molecular weight is 272 g/mol. The van der Waals surface area contributed by atoms with E-state index in [9.17, 15) is 4.79 Å². The number of halogens is 1. The van der Waals surface area contributed by atoms with E-state index in [1.165, 1.54) is 6.26 Å². The Kier molecular flexibility index (Phi) is 3.69. The van der Waals surface area contributed by atoms with Gasteiger partial charge in [-0.1, -0.05) is 0 Å². The second-order valence-corrected chi connectivity index (χ2v) is 5.54. The zero-order chi connectivity index (χ0) is 13.3. The maximum atomic E-state index is 12.4. The molecule has 0 radical (unpaired) electrons. The molecule has 0 saturated carbocycles. The van der Waals surface area contributed by atoms with Crippen molar-refractivity contribution in [1.82, 2.24) is 4.90 Å². The van der Waals surface area contributed by atoms with Crippen molar-refractivity contribution < 1.29 is 13.9 Å². The highest BCUT2D eigenvalue weighted by Gasteiger charge is 2.36. The fraction of sp³-hybridized carbons (Fsp3) is 0.615. The summed E-state index contributed by atoms with van der Waals surface area (Å²) >= 11 is 5.85. The van der Waals surface area contributed by atoms with Gasteiger partial charge in [-0.25, -0.2) is 0 Å². The lowest BCUT2D eigenvalue weighted by atomic mass is 10.0. The van der Waals surface area contributed by atoms with Crippen molar-refractivity contribution in [3.63, 3.8) is 0 Å². The Morgan fingerprint density at radius 2 is 2.33 bits per heavy atom. The summed E-state index contributed by atoms with van der Waals surface area (Å²) in [4.78, 5) is 14.2. The van der Waals surface area contributed by atoms with Crippen LogP contribution in [0.4, 0.5) is 0 Å². The number of hydrogen-bond acceptors (Lipinski definition) is 3. The number of alkyl halides is 1. The largest absolute Gasteiger partial charge is 0.469 e. The second-order valence-electron chi connectivity index (χ2n) is 5.23. The van der Waals surface area contributed by atoms with Gasteiger partial charge in [0.15, 0.2) is 0 Å². The number of rotatable bonds is 2. The van der Waals surface area contributed by atoms with E-state index in [0.29, 0.717) is 30.3 Å². The van der Waals surface area contributed by atoms with Gasteiger partial charge in [0, 0.05) is 13.1 Å². The molecule has 0 bridgehead atoms. The van der Waals surface area contributed by atoms with E-state index in [-0.39, 0.29) is 17.6 Å². The molecule has 4 nitrogen and oxygen atoms in total. The van der Waals surface area contributed by atoms with Crippen molar-refractivity contribution in [2.45, 2.75) is 32.5 Å². The van der Waals surface area contributed by atoms with Gasteiger partial charge in [0.1, 0.15) is 5.76 Å². The van der Waals surface area contributed by atoms with Gasteiger partial charge >= 0.3 is 0 Å². The summed E-state index contributed by atoms with van der Waals surface area (Å²) in [6, 6.07) is 1.70. The number of aryl methyl sites for hydroxylation is 1. The van der Waals surface area contributed by atoms with E-state index in [0.717, 1.165) is 0 Å². The fourth-order valence-corrected chi connectivity index (χ4v) is 2.47. The summed E-state index contributed by atoms with van der Waals surface area (Å²) in [5.74, 6) is 1.01. The van der Waals surface area contributed by atoms with Gasteiger partial charge in [0.05, 0.1) is 29.4 Å². The van der Waals surface area contributed by atoms with Crippen LogP contribution in [0, 0.1) is 6.92 Å². The number of hydrogen-bond donors (Lipinski definition) is 0. The van der Waals surface area contributed by atoms with Gasteiger partial charge < -0.3 is 14.1 Å². The molecule has 1 aromatic heterocycles. The minimum atomic E-state index is -0.370. The topological polar surface area (TPSA) is 42.7 Å². The number of carbonyl (C=O) groups excluding carboxylic acids is 1. The van der Waals surface area contributed by atoms with Crippen LogP contribution < -0.4 is 0 Å². The van der Waals surface area contributed by atoms with Crippen LogP contribution in [0.2, 0.25) is 0 Å². The molecule has 1 fully saturated rings. The zero-order valence-corrected chi connectivity index (χ0v) is 11.7. The van der Waals surface area contributed by atoms with Gasteiger partial charge in [-0.05, 0) is 26.8 Å². The van der Waals surface area contributed by atoms with Crippen LogP contribution in [0.3, 0.4) is 0 Å². The Morgan fingerprint density at radius 1 is 1.61 bits per heavy atom. The number of furan rings is 1. The minimum absolute atomic E-state index is 0.0206. The number of morpholine rings is 1. The highest BCUT2D eigenvalue weighted by Crippen LogP contribution is 2.24. The van der Waals surface area contributed by atoms with Crippen molar-refractivity contribution in [3.8, 4) is 0 Å². The van der Waals surface area contributed by atoms with Gasteiger partial charge in [-0.2, -0.15) is 0 Å². The molecular weight excluding hydrogens is 254 g/mol. The lowest BCUT2D eigenvalue weighted by Crippen LogP contribution is -2.55. The van der Waals surface area contributed by atoms with E-state index >= 15 is 0 Å². The maximum Gasteiger partial charge on any atom is 0.257 e. The van der Waals surface area contributed by atoms with E-state index in [2.05, 4.69) is 0 Å². The molecule has 1 unspecified atom stereocenters. The van der Waals surface area contributed by atoms with Gasteiger partial charge in [0.25, 0.3) is 5.91 Å². The third-order valence-corrected chi connectivity index (χ3v) is 3.37. The Morgan fingerprint density at radius 3 is 2.89 bits per heavy atom. The second kappa shape index (κ2) is 4.94. The average Bonchev–Trinajstić information content (AvgIpc) is 2.72. The monoisotopic (exact) mass is 271 g/mol. The first kappa shape index (κ1) is 13.4. The van der Waals surface area contributed by atoms with Crippen LogP contribution in [0.1, 0.15) is 30.0 Å². The van der Waals surface area contributed by atoms with Gasteiger partial charge in [-0.3, -0.25) is 4.79 Å². The Balaban J connectivity index is 2.17. The molecule has 1 amide bonds. The minimum Gasteiger partial charge on any atom is -0.469 e. The molecule has 2 rings (SSSR count). The number of ether oxygens (including phenoxy) is 1. The number of nitrogens with zero attached hydrogens (tertiary/aromatic N) is 1. The molecule has 1 aromatic rings. The molecule has 2 heterocycles. The SMILES string of the molecule is Cc1occc1C(=O)N1CC(CCl)OC(C)(C)C1. The summed E-state index contributed by atoms with van der Waals surface area (Å²) in [7, 11) is 0. The number of carbonyl (C=O) groups is 1. The van der Waals surface area contributed by atoms with E-state index in [1.54, 1.807) is 17.9 Å². The van der Waals surface area contributed by atoms with Crippen molar-refractivity contribution in [1.29, 1.82) is 0 Å². The van der Waals surface area contributed by atoms with Gasteiger partial charge in [0.2, 0.25) is 0 Å². The molecule has 18 heavy (non-hydrogen) atoms. The molecule has 1 aliphatic rings. The van der Waals surface area contributed by atoms with Crippen LogP contribution in [-0.2, 0) is 4.74 Å². The van der Waals surface area contributed by atoms with Crippen LogP contribution in [0.5, 0.6) is 0 Å². The third-order valence-electron chi connectivity index (χ3n) is 3.03. The normalized spacial score (nSPS) is 23.1. The summed E-state index contributed by atoms with van der Waals surface area (Å²) in [5, 5.41) is 0. The zero-order valence-electron chi connectivity index (χ0n) is 10.9. The lowest BCUT2D eigenvalue weighted by molar-refractivity contribution is -0.117. The molecule has 5 heteroatoms. The predicted molar refractivity (Wildman–Crippen MR) is 69.0 cm³/mol. The quantitative estimate of drug-likeness (QED) is 0.776. The standard InChI is InChI=1S/C13H18ClNO3/c1-9-11(4-5-17-9)12(16)15-7-10(6-14)18-13(2,3)8-15/h4-5,10H,6-8H2,1-3H3. The van der Waals surface area contributed by atoms with Crippen LogP contribution in [0.15, 0.2) is 16.7 Å². The molecule has 1 aliphatic heterocycles. The molecule has 1 saturated heterocycles. The third kappa shape index (κ3) is 2.70. The first-order valence-electron chi connectivity index (χ1n) is 6.00. The van der Waals surface area contributed by atoms with Crippen LogP contribution in [-0.4, -0.2) is 41.5 Å². The fourth-order valence-electron chi connectivity index (χ4n) is 2.31. The molecular formula is C13H18ClNO3. The first-order valence-corrected chi connectivity index (χ1v) is 6.53. The van der Waals surface area contributed by atoms with Gasteiger partial charge in [-0.15, -0.1) is 11.6 Å². The molecule has 0 aliphatic carbocycles. The predicted octanol–water partition coefficient (Wildman–Crippen LogP) is 2.45. The lowest BCUT2D eigenvalue weighted by Gasteiger charge is -2.42. The Hall–Kier alpha value is -1.00. The summed E-state index contributed by atoms with van der Waals surface area (Å²) in [5.41, 5.74) is 0.242. The molecule has 1 atom stereocenters. The summed E-state index contributed by atoms with van der Waals surface area (Å²) < 4.78 is 11.0. The molecule has 0 N–H and O–H groups in total. The highest BCUT2D eigenvalue weighted by molar-refractivity contribution is 6.18. The molecule has 0 aromatic carbocycles. The molecule has 0 spiro atoms. The number of amides is 1. The first-order chi connectivity index (χ1) is 8.43. The highest BCUT2D eigenvalue weighted by atomic mass is 35.5. The van der Waals surface area contributed by atoms with Crippen LogP contribution >= 0.6 is 11.6 Å². The Labute approximate surface area is 112 Å². The summed E-state index contributed by atoms with van der Waals surface area (Å²) in [6.07, 6.45) is 1.42. The van der Waals surface area contributed by atoms with Crippen molar-refractivity contribution >= 4 is 17.5 Å². The van der Waals surface area contributed by atoms with E-state index in [4.69, 9.17) is 20.8 Å². The smallest absolute Gasteiger partial charge is 0.257 e. The Bertz CT molecular complexity index is 441.